The molecule has 4 heterocycles. The Kier molecular flexibility index (Phi) is 13.0. The van der Waals surface area contributed by atoms with Crippen LogP contribution in [0.4, 0.5) is 5.13 Å². The summed E-state index contributed by atoms with van der Waals surface area (Å²) in [7, 11) is 3.35. The summed E-state index contributed by atoms with van der Waals surface area (Å²) < 4.78 is 19.7. The number of nitrogens with zero attached hydrogens (tertiary/aromatic N) is 5. The van der Waals surface area contributed by atoms with E-state index in [1.807, 2.05) is 42.5 Å². The number of benzene rings is 2. The van der Waals surface area contributed by atoms with Gasteiger partial charge in [-0.2, -0.15) is 8.75 Å². The number of anilines is 1. The Morgan fingerprint density at radius 1 is 0.707 bits per heavy atom. The van der Waals surface area contributed by atoms with Gasteiger partial charge < -0.3 is 30.3 Å². The summed E-state index contributed by atoms with van der Waals surface area (Å²) in [5.74, 6) is 3.34. The number of halogens is 1. The zero-order chi connectivity index (χ0) is 28.7. The number of piperazine rings is 2. The van der Waals surface area contributed by atoms with E-state index in [0.717, 1.165) is 91.8 Å². The number of para-hydroxylation sites is 2. The van der Waals surface area contributed by atoms with E-state index >= 15 is 0 Å². The molecule has 10 nitrogen and oxygen atoms in total. The van der Waals surface area contributed by atoms with E-state index in [9.17, 15) is 0 Å². The molecule has 2 fully saturated rings. The maximum absolute atomic E-state index is 5.71. The zero-order valence-electron chi connectivity index (χ0n) is 23.4. The molecule has 2 aromatic heterocycles. The molecule has 6 rings (SSSR count). The molecule has 2 aliphatic rings. The number of aromatic nitrogens is 4. The van der Waals surface area contributed by atoms with E-state index in [0.29, 0.717) is 17.3 Å². The molecule has 2 aliphatic heterocycles. The average Bonchev–Trinajstić information content (AvgIpc) is 3.68. The second-order valence-electron chi connectivity index (χ2n) is 9.17. The van der Waals surface area contributed by atoms with Crippen LogP contribution in [-0.2, 0) is 12.8 Å². The second kappa shape index (κ2) is 17.2. The minimum absolute atomic E-state index is 0.472. The number of nitrogens with one attached hydrogen (secondary N) is 3. The van der Waals surface area contributed by atoms with Crippen molar-refractivity contribution in [1.82, 2.24) is 34.7 Å². The van der Waals surface area contributed by atoms with Gasteiger partial charge in [-0.05, 0) is 35.3 Å². The normalized spacial score (nSPS) is 14.8. The van der Waals surface area contributed by atoms with Crippen molar-refractivity contribution in [2.24, 2.45) is 0 Å². The van der Waals surface area contributed by atoms with Gasteiger partial charge in [-0.1, -0.05) is 36.4 Å². The third-order valence-electron chi connectivity index (χ3n) is 6.33. The first-order chi connectivity index (χ1) is 20.2. The van der Waals surface area contributed by atoms with Gasteiger partial charge in [0.25, 0.3) is 0 Å². The molecule has 4 aromatic rings. The number of ether oxygens (including phenoxy) is 2. The highest BCUT2D eigenvalue weighted by atomic mass is 35.5. The summed E-state index contributed by atoms with van der Waals surface area (Å²) in [6.07, 6.45) is 1.36. The molecule has 0 amide bonds. The summed E-state index contributed by atoms with van der Waals surface area (Å²) in [4.78, 5) is 11.0. The summed E-state index contributed by atoms with van der Waals surface area (Å²) in [6.45, 7) is 8.59. The Bertz CT molecular complexity index is 1300. The van der Waals surface area contributed by atoms with Crippen molar-refractivity contribution in [3.63, 3.8) is 0 Å². The van der Waals surface area contributed by atoms with Gasteiger partial charge in [-0.15, -0.1) is 0 Å². The topological polar surface area (TPSA) is 109 Å². The molecular formula is C28H37ClN8O2S2. The first-order valence-corrected chi connectivity index (χ1v) is 15.5. The van der Waals surface area contributed by atoms with E-state index in [1.165, 1.54) is 23.1 Å². The first-order valence-electron chi connectivity index (χ1n) is 13.6. The SMILES string of the molecule is C1CNCCN1.COc1ccccc1Cc1nsc(Cl)n1.COc1ccccc1Cc1nsc(N2CCNCC2)n1. The molecule has 0 radical (unpaired) electrons. The highest BCUT2D eigenvalue weighted by Crippen LogP contribution is 2.24. The van der Waals surface area contributed by atoms with E-state index in [2.05, 4.69) is 45.6 Å². The Morgan fingerprint density at radius 2 is 1.20 bits per heavy atom. The van der Waals surface area contributed by atoms with Crippen molar-refractivity contribution in [3.8, 4) is 11.5 Å². The number of rotatable bonds is 7. The van der Waals surface area contributed by atoms with E-state index < -0.39 is 0 Å². The van der Waals surface area contributed by atoms with Crippen LogP contribution in [0.25, 0.3) is 0 Å². The van der Waals surface area contributed by atoms with Gasteiger partial charge in [-0.25, -0.2) is 9.97 Å². The summed E-state index contributed by atoms with van der Waals surface area (Å²) in [5, 5.41) is 10.8. The number of methoxy groups -OCH3 is 2. The molecule has 13 heteroatoms. The van der Waals surface area contributed by atoms with Crippen LogP contribution < -0.4 is 30.3 Å². The Labute approximate surface area is 254 Å². The van der Waals surface area contributed by atoms with Crippen molar-refractivity contribution in [3.05, 3.63) is 75.8 Å². The largest absolute Gasteiger partial charge is 0.496 e. The van der Waals surface area contributed by atoms with Crippen molar-refractivity contribution < 1.29 is 9.47 Å². The monoisotopic (exact) mass is 616 g/mol. The van der Waals surface area contributed by atoms with Gasteiger partial charge in [0.1, 0.15) is 23.1 Å². The molecule has 41 heavy (non-hydrogen) atoms. The lowest BCUT2D eigenvalue weighted by Gasteiger charge is -2.26. The van der Waals surface area contributed by atoms with E-state index in [4.69, 9.17) is 21.1 Å². The van der Waals surface area contributed by atoms with Crippen LogP contribution >= 0.6 is 34.7 Å². The summed E-state index contributed by atoms with van der Waals surface area (Å²) in [5.41, 5.74) is 2.19. The van der Waals surface area contributed by atoms with Crippen LogP contribution in [0.15, 0.2) is 48.5 Å². The molecule has 0 spiro atoms. The molecule has 0 bridgehead atoms. The second-order valence-corrected chi connectivity index (χ2v) is 11.2. The molecule has 0 aliphatic carbocycles. The summed E-state index contributed by atoms with van der Waals surface area (Å²) in [6, 6.07) is 15.8. The predicted molar refractivity (Wildman–Crippen MR) is 167 cm³/mol. The van der Waals surface area contributed by atoms with E-state index in [-0.39, 0.29) is 0 Å². The quantitative estimate of drug-likeness (QED) is 0.285. The van der Waals surface area contributed by atoms with Crippen molar-refractivity contribution in [1.29, 1.82) is 0 Å². The van der Waals surface area contributed by atoms with Gasteiger partial charge in [0.2, 0.25) is 9.60 Å². The first kappa shape index (κ1) is 31.1. The molecule has 0 unspecified atom stereocenters. The third kappa shape index (κ3) is 10.2. The minimum Gasteiger partial charge on any atom is -0.496 e. The number of hydrogen-bond acceptors (Lipinski definition) is 12. The highest BCUT2D eigenvalue weighted by Gasteiger charge is 2.16. The average molecular weight is 617 g/mol. The maximum atomic E-state index is 5.71. The van der Waals surface area contributed by atoms with Gasteiger partial charge in [0.05, 0.1) is 14.2 Å². The lowest BCUT2D eigenvalue weighted by atomic mass is 10.1. The third-order valence-corrected chi connectivity index (χ3v) is 7.98. The van der Waals surface area contributed by atoms with Crippen LogP contribution in [0.3, 0.4) is 0 Å². The van der Waals surface area contributed by atoms with Gasteiger partial charge in [-0.3, -0.25) is 0 Å². The molecular weight excluding hydrogens is 580 g/mol. The zero-order valence-corrected chi connectivity index (χ0v) is 25.8. The van der Waals surface area contributed by atoms with Crippen LogP contribution in [-0.4, -0.2) is 85.3 Å². The van der Waals surface area contributed by atoms with Gasteiger partial charge >= 0.3 is 0 Å². The van der Waals surface area contributed by atoms with Crippen LogP contribution in [0.1, 0.15) is 22.8 Å². The highest BCUT2D eigenvalue weighted by molar-refractivity contribution is 7.10. The molecule has 2 saturated heterocycles. The lowest BCUT2D eigenvalue weighted by molar-refractivity contribution is 0.410. The van der Waals surface area contributed by atoms with E-state index in [1.54, 1.807) is 14.2 Å². The lowest BCUT2D eigenvalue weighted by Crippen LogP contribution is -2.43. The molecule has 2 aromatic carbocycles. The van der Waals surface area contributed by atoms with Crippen molar-refractivity contribution in [2.45, 2.75) is 12.8 Å². The molecule has 3 N–H and O–H groups in total. The molecule has 0 saturated carbocycles. The van der Waals surface area contributed by atoms with Gasteiger partial charge in [0.15, 0.2) is 0 Å². The summed E-state index contributed by atoms with van der Waals surface area (Å²) >= 11 is 8.40. The fraction of sp³-hybridized carbons (Fsp3) is 0.429. The van der Waals surface area contributed by atoms with Crippen LogP contribution in [0, 0.1) is 0 Å². The Morgan fingerprint density at radius 3 is 1.68 bits per heavy atom. The smallest absolute Gasteiger partial charge is 0.205 e. The van der Waals surface area contributed by atoms with Gasteiger partial charge in [0, 0.05) is 87.9 Å². The van der Waals surface area contributed by atoms with Crippen LogP contribution in [0.5, 0.6) is 11.5 Å². The van der Waals surface area contributed by atoms with Crippen molar-refractivity contribution >= 4 is 39.8 Å². The number of hydrogen-bond donors (Lipinski definition) is 3. The molecule has 0 atom stereocenters. The Hall–Kier alpha value is -2.87. The fourth-order valence-electron chi connectivity index (χ4n) is 4.25. The predicted octanol–water partition coefficient (Wildman–Crippen LogP) is 3.52. The minimum atomic E-state index is 0.472. The van der Waals surface area contributed by atoms with Crippen LogP contribution in [0.2, 0.25) is 4.47 Å². The Balaban J connectivity index is 0.000000161. The van der Waals surface area contributed by atoms with Crippen molar-refractivity contribution in [2.75, 3.05) is 71.5 Å². The maximum Gasteiger partial charge on any atom is 0.205 e. The fourth-order valence-corrected chi connectivity index (χ4v) is 5.62. The molecule has 220 valence electrons. The standard InChI is InChI=1S/C14H18N4OS.C10H9ClN2OS.C4H10N2/c1-19-12-5-3-2-4-11(12)10-13-16-14(20-17-13)18-8-6-15-7-9-18;1-14-8-5-3-2-4-7(8)6-9-12-10(11)15-13-9;1-2-6-4-3-5-1/h2-5,15H,6-10H2,1H3;2-5H,6H2,1H3;5-6H,1-4H2.